The summed E-state index contributed by atoms with van der Waals surface area (Å²) in [5.74, 6) is 0.659. The number of fused-ring (bicyclic) bond motifs is 1. The van der Waals surface area contributed by atoms with Gasteiger partial charge in [-0.3, -0.25) is 4.79 Å². The minimum atomic E-state index is -0.132. The average Bonchev–Trinajstić information content (AvgIpc) is 3.33. The van der Waals surface area contributed by atoms with Crippen molar-refractivity contribution in [2.24, 2.45) is 0 Å². The third-order valence-corrected chi connectivity index (χ3v) is 7.41. The Morgan fingerprint density at radius 3 is 2.15 bits per heavy atom. The number of likely N-dealkylation sites (N-methyl/N-ethyl adjacent to an activating group) is 1. The zero-order valence-electron chi connectivity index (χ0n) is 24.2. The van der Waals surface area contributed by atoms with Crippen molar-refractivity contribution >= 4 is 16.8 Å². The summed E-state index contributed by atoms with van der Waals surface area (Å²) in [5.41, 5.74) is 6.24. The molecule has 0 saturated carbocycles. The minimum absolute atomic E-state index is 0.0273. The Bertz CT molecular complexity index is 1560. The number of amides is 1. The molecule has 0 aliphatic rings. The second-order valence-electron chi connectivity index (χ2n) is 10.7. The fraction of sp³-hybridized carbons (Fsp3) is 0.250. The predicted octanol–water partition coefficient (Wildman–Crippen LogP) is 7.10. The summed E-state index contributed by atoms with van der Waals surface area (Å²) in [6.07, 6.45) is 0.881. The van der Waals surface area contributed by atoms with Crippen LogP contribution in [0.25, 0.3) is 10.9 Å². The van der Waals surface area contributed by atoms with Crippen molar-refractivity contribution in [1.29, 1.82) is 0 Å². The lowest BCUT2D eigenvalue weighted by molar-refractivity contribution is 0.0943. The van der Waals surface area contributed by atoms with Gasteiger partial charge in [0, 0.05) is 42.0 Å². The van der Waals surface area contributed by atoms with Gasteiger partial charge in [0.25, 0.3) is 5.91 Å². The van der Waals surface area contributed by atoms with Crippen LogP contribution in [0.15, 0.2) is 109 Å². The first-order valence-electron chi connectivity index (χ1n) is 14.4. The fourth-order valence-corrected chi connectivity index (χ4v) is 5.39. The molecule has 1 amide bonds. The van der Waals surface area contributed by atoms with Crippen molar-refractivity contribution < 1.29 is 9.53 Å². The Morgan fingerprint density at radius 2 is 1.46 bits per heavy atom. The van der Waals surface area contributed by atoms with Gasteiger partial charge in [-0.25, -0.2) is 0 Å². The van der Waals surface area contributed by atoms with Crippen LogP contribution in [0.5, 0.6) is 5.75 Å². The highest BCUT2D eigenvalue weighted by molar-refractivity contribution is 6.02. The second-order valence-corrected chi connectivity index (χ2v) is 10.7. The van der Waals surface area contributed by atoms with E-state index in [2.05, 4.69) is 109 Å². The van der Waals surface area contributed by atoms with Gasteiger partial charge in [-0.15, -0.1) is 0 Å². The number of nitrogens with zero attached hydrogens (tertiary/aromatic N) is 2. The Hall–Kier alpha value is -4.35. The summed E-state index contributed by atoms with van der Waals surface area (Å²) in [4.78, 5) is 16.1. The van der Waals surface area contributed by atoms with Gasteiger partial charge in [0.2, 0.25) is 0 Å². The fourth-order valence-electron chi connectivity index (χ4n) is 5.39. The smallest absolute Gasteiger partial charge is 0.268 e. The van der Waals surface area contributed by atoms with Crippen LogP contribution in [0.2, 0.25) is 0 Å². The maximum Gasteiger partial charge on any atom is 0.268 e. The van der Waals surface area contributed by atoms with Crippen molar-refractivity contribution in [1.82, 2.24) is 14.8 Å². The highest BCUT2D eigenvalue weighted by Gasteiger charge is 2.30. The van der Waals surface area contributed by atoms with E-state index < -0.39 is 0 Å². The normalized spacial score (nSPS) is 12.0. The molecule has 0 aliphatic heterocycles. The number of rotatable bonds is 12. The van der Waals surface area contributed by atoms with Gasteiger partial charge >= 0.3 is 0 Å². The van der Waals surface area contributed by atoms with Crippen molar-refractivity contribution in [3.05, 3.63) is 137 Å². The summed E-state index contributed by atoms with van der Waals surface area (Å²) in [5, 5.41) is 4.29. The Morgan fingerprint density at radius 1 is 0.829 bits per heavy atom. The Kier molecular flexibility index (Phi) is 9.17. The molecule has 0 aliphatic carbocycles. The maximum atomic E-state index is 13.9. The summed E-state index contributed by atoms with van der Waals surface area (Å²) >= 11 is 0. The number of carbonyl (C=O) groups is 1. The molecule has 210 valence electrons. The van der Waals surface area contributed by atoms with Crippen LogP contribution in [0, 0.1) is 0 Å². The van der Waals surface area contributed by atoms with E-state index in [4.69, 9.17) is 4.74 Å². The third-order valence-electron chi connectivity index (χ3n) is 7.41. The number of nitrogens with one attached hydrogen (secondary N) is 1. The monoisotopic (exact) mass is 545 g/mol. The zero-order chi connectivity index (χ0) is 28.6. The molecule has 1 aromatic heterocycles. The number of hydrogen-bond donors (Lipinski definition) is 1. The average molecular weight is 546 g/mol. The number of para-hydroxylation sites is 1. The van der Waals surface area contributed by atoms with Gasteiger partial charge in [-0.1, -0.05) is 97.9 Å². The quantitative estimate of drug-likeness (QED) is 0.182. The van der Waals surface area contributed by atoms with Crippen LogP contribution < -0.4 is 10.1 Å². The van der Waals surface area contributed by atoms with Gasteiger partial charge in [-0.05, 0) is 55.4 Å². The van der Waals surface area contributed by atoms with Crippen LogP contribution in [0.4, 0.5) is 0 Å². The molecule has 0 saturated heterocycles. The van der Waals surface area contributed by atoms with Gasteiger partial charge in [0.1, 0.15) is 18.1 Å². The molecule has 5 nitrogen and oxygen atoms in total. The molecule has 4 aromatic carbocycles. The lowest BCUT2D eigenvalue weighted by Gasteiger charge is -2.22. The van der Waals surface area contributed by atoms with Crippen LogP contribution in [0.3, 0.4) is 0 Å². The molecule has 5 aromatic rings. The van der Waals surface area contributed by atoms with Crippen molar-refractivity contribution in [2.75, 3.05) is 27.2 Å². The molecule has 41 heavy (non-hydrogen) atoms. The lowest BCUT2D eigenvalue weighted by Crippen LogP contribution is -2.29. The number of hydrogen-bond acceptors (Lipinski definition) is 3. The molecule has 0 fully saturated rings. The number of aromatic nitrogens is 1. The molecule has 1 unspecified atom stereocenters. The molecule has 1 heterocycles. The van der Waals surface area contributed by atoms with Crippen molar-refractivity contribution in [2.45, 2.75) is 32.4 Å². The molecule has 1 atom stereocenters. The maximum absolute atomic E-state index is 13.9. The summed E-state index contributed by atoms with van der Waals surface area (Å²) < 4.78 is 8.31. The van der Waals surface area contributed by atoms with Crippen LogP contribution in [-0.4, -0.2) is 42.6 Å². The molecular formula is C36H39N3O2. The molecule has 5 rings (SSSR count). The van der Waals surface area contributed by atoms with E-state index in [-0.39, 0.29) is 11.8 Å². The van der Waals surface area contributed by atoms with Gasteiger partial charge in [-0.2, -0.15) is 0 Å². The predicted molar refractivity (Wildman–Crippen MR) is 168 cm³/mol. The number of benzene rings is 4. The Labute approximate surface area is 243 Å². The van der Waals surface area contributed by atoms with Gasteiger partial charge < -0.3 is 19.5 Å². The highest BCUT2D eigenvalue weighted by atomic mass is 16.5. The van der Waals surface area contributed by atoms with Crippen LogP contribution in [-0.2, 0) is 13.2 Å². The molecule has 0 bridgehead atoms. The molecule has 1 N–H and O–H groups in total. The van der Waals surface area contributed by atoms with E-state index >= 15 is 0 Å². The lowest BCUT2D eigenvalue weighted by atomic mass is 9.83. The third kappa shape index (κ3) is 6.53. The summed E-state index contributed by atoms with van der Waals surface area (Å²) in [6, 6.07) is 37.4. The highest BCUT2D eigenvalue weighted by Crippen LogP contribution is 2.40. The standard InChI is InChI=1S/C36H39N3O2/c1-4-23-37-36(40)35-34(31-17-11-12-18-32(31)39(35)25-24-38(2)3)33(28-15-9-6-10-16-28)29-19-21-30(22-20-29)41-26-27-13-7-5-8-14-27/h5-22,33H,4,23-26H2,1-3H3,(H,37,40). The van der Waals surface area contributed by atoms with Gasteiger partial charge in [0.15, 0.2) is 0 Å². The molecule has 0 spiro atoms. The van der Waals surface area contributed by atoms with Crippen LogP contribution in [0.1, 0.15) is 52.0 Å². The first kappa shape index (κ1) is 28.2. The van der Waals surface area contributed by atoms with E-state index in [1.807, 2.05) is 36.4 Å². The van der Waals surface area contributed by atoms with E-state index in [0.29, 0.717) is 13.2 Å². The minimum Gasteiger partial charge on any atom is -0.489 e. The largest absolute Gasteiger partial charge is 0.489 e. The van der Waals surface area contributed by atoms with E-state index in [0.717, 1.165) is 64.1 Å². The van der Waals surface area contributed by atoms with Crippen molar-refractivity contribution in [3.63, 3.8) is 0 Å². The SMILES string of the molecule is CCCNC(=O)c1c(C(c2ccccc2)c2ccc(OCc3ccccc3)cc2)c2ccccc2n1CCN(C)C. The number of ether oxygens (including phenoxy) is 1. The van der Waals surface area contributed by atoms with E-state index in [1.165, 1.54) is 0 Å². The second kappa shape index (κ2) is 13.3. The van der Waals surface area contributed by atoms with Crippen molar-refractivity contribution in [3.8, 4) is 5.75 Å². The van der Waals surface area contributed by atoms with E-state index in [1.54, 1.807) is 0 Å². The first-order chi connectivity index (χ1) is 20.1. The Balaban J connectivity index is 1.63. The molecule has 5 heteroatoms. The summed E-state index contributed by atoms with van der Waals surface area (Å²) in [7, 11) is 4.13. The molecular weight excluding hydrogens is 506 g/mol. The topological polar surface area (TPSA) is 46.5 Å². The zero-order valence-corrected chi connectivity index (χ0v) is 24.2. The van der Waals surface area contributed by atoms with E-state index in [9.17, 15) is 4.79 Å². The summed E-state index contributed by atoms with van der Waals surface area (Å²) in [6.45, 7) is 4.78. The molecule has 0 radical (unpaired) electrons. The first-order valence-corrected chi connectivity index (χ1v) is 14.4. The van der Waals surface area contributed by atoms with Crippen LogP contribution >= 0.6 is 0 Å². The number of carbonyl (C=O) groups excluding carboxylic acids is 1. The van der Waals surface area contributed by atoms with Gasteiger partial charge in [0.05, 0.1) is 0 Å².